The first kappa shape index (κ1) is 73.1. The summed E-state index contributed by atoms with van der Waals surface area (Å²) < 4.78 is 106. The number of benzene rings is 13. The minimum Gasteiger partial charge on any atom is -0.454 e. The topological polar surface area (TPSA) is 124 Å². The van der Waals surface area contributed by atoms with Gasteiger partial charge in [0.05, 0.1) is 78.0 Å². The third-order valence-electron chi connectivity index (χ3n) is 26.7. The molecular weight excluding hydrogens is 1620 g/mol. The SMILES string of the molecule is [2H]C(C)(C)N1c2ccccc2N(c2c(C)ccc3c2oc2ccccc23)C1C.[2H]C(C)(C)N1c2ccccc2N(c2c(C)ccc3c2oc2ccccc23)C1C.[2H]C(C)(C)N1c2cccnc2N(c2c(C)ccc3c2oc2ccccc23)C1C.[2H]C([2H])([2H])N1c2ccccc2N(c2c(C)ccc3c2oc2ccccc23)C1C.[2H]C([2H])([2H])N1c2cccnc2N(c2c(C)ccc3c2oc2ccccc23)C1C. The Morgan fingerprint density at radius 3 is 0.802 bits per heavy atom. The summed E-state index contributed by atoms with van der Waals surface area (Å²) >= 11 is 0. The Morgan fingerprint density at radius 2 is 0.473 bits per heavy atom. The largest absolute Gasteiger partial charge is 0.454 e. The summed E-state index contributed by atoms with van der Waals surface area (Å²) in [4.78, 5) is 29.5. The highest BCUT2D eigenvalue weighted by molar-refractivity contribution is 6.16. The minimum absolute atomic E-state index is 0.00223. The smallest absolute Gasteiger partial charge is 0.159 e. The van der Waals surface area contributed by atoms with E-state index in [4.69, 9.17) is 39.4 Å². The standard InChI is InChI=1S/2C24H24N2O.C23H23N3O.C22H20N2O.C21H19N3O/c2*1-15(2)25-17(4)26(21-11-7-6-10-20(21)25)23-16(3)13-14-19-18-9-5-8-12-22(18)27-24(19)23;1-14(2)25-16(4)26(23-19(25)9-7-13-24-23)21-15(3)11-12-18-17-8-5-6-10-20(17)27-22(18)21;1-14-12-13-17-16-8-4-7-11-20(16)25-22(17)21(14)24-15(2)23(3)18-9-5-6-10-19(18)24;1-13-10-11-16-15-7-4-5-9-18(15)25-20(16)19(13)24-14(2)23(3)17-8-6-12-22-21(17)24/h2*5-15,17H,1-4H3;5-14,16H,1-4H3;4-13,15H,1-3H3;4-12,14H,1-3H3/i2*15D;14D;2*3D3. The molecule has 0 bridgehead atoms. The third kappa shape index (κ3) is 13.4. The molecule has 0 N–H and O–H groups in total. The lowest BCUT2D eigenvalue weighted by molar-refractivity contribution is 0.602. The molecule has 0 spiro atoms. The zero-order valence-electron chi connectivity index (χ0n) is 85.5. The number of hydrogen-bond acceptors (Lipinski definition) is 17. The molecule has 20 aromatic rings. The van der Waals surface area contributed by atoms with Crippen molar-refractivity contribution in [1.82, 2.24) is 9.97 Å². The van der Waals surface area contributed by atoms with E-state index in [1.165, 1.54) is 9.80 Å². The minimum atomic E-state index is -2.28. The van der Waals surface area contributed by atoms with Gasteiger partial charge in [-0.15, -0.1) is 0 Å². The number of para-hydroxylation sites is 11. The number of aryl methyl sites for hydroxylation is 5. The predicted molar refractivity (Wildman–Crippen MR) is 548 cm³/mol. The Morgan fingerprint density at radius 1 is 0.244 bits per heavy atom. The van der Waals surface area contributed by atoms with Crippen molar-refractivity contribution < 1.29 is 34.4 Å². The van der Waals surface area contributed by atoms with Crippen LogP contribution < -0.4 is 49.0 Å². The van der Waals surface area contributed by atoms with Gasteiger partial charge in [-0.3, -0.25) is 0 Å². The Balaban J connectivity index is 0.000000104. The van der Waals surface area contributed by atoms with Crippen molar-refractivity contribution >= 4 is 195 Å². The molecule has 13 aromatic carbocycles. The second kappa shape index (κ2) is 32.7. The first-order valence-corrected chi connectivity index (χ1v) is 45.0. The highest BCUT2D eigenvalue weighted by Gasteiger charge is 2.43. The molecule has 0 amide bonds. The molecule has 0 saturated carbocycles. The highest BCUT2D eigenvalue weighted by atomic mass is 16.3. The molecule has 5 aliphatic rings. The highest BCUT2D eigenvalue weighted by Crippen LogP contribution is 2.56. The summed E-state index contributed by atoms with van der Waals surface area (Å²) in [5, 5.41) is 10.9. The maximum absolute atomic E-state index is 8.72. The Hall–Kier alpha value is -14.8. The molecule has 0 fully saturated rings. The number of hydrogen-bond donors (Lipinski definition) is 0. The van der Waals surface area contributed by atoms with Gasteiger partial charge in [0.2, 0.25) is 0 Å². The zero-order chi connectivity index (χ0) is 98.1. The van der Waals surface area contributed by atoms with Crippen molar-refractivity contribution in [2.24, 2.45) is 0 Å². The molecule has 17 nitrogen and oxygen atoms in total. The van der Waals surface area contributed by atoms with Crippen LogP contribution in [0.4, 0.5) is 85.6 Å². The van der Waals surface area contributed by atoms with Crippen LogP contribution in [-0.2, 0) is 0 Å². The van der Waals surface area contributed by atoms with Crippen LogP contribution in [0.15, 0.2) is 314 Å². The monoisotopic (exact) mass is 1740 g/mol. The van der Waals surface area contributed by atoms with E-state index in [9.17, 15) is 0 Å². The van der Waals surface area contributed by atoms with Crippen LogP contribution in [-0.4, -0.2) is 72.8 Å². The first-order valence-electron chi connectivity index (χ1n) is 49.5. The molecule has 17 heteroatoms. The number of rotatable bonds is 8. The van der Waals surface area contributed by atoms with E-state index in [1.54, 1.807) is 18.3 Å². The second-order valence-corrected chi connectivity index (χ2v) is 35.4. The number of pyridine rings is 2. The van der Waals surface area contributed by atoms with Gasteiger partial charge in [0, 0.05) is 106 Å². The van der Waals surface area contributed by atoms with Gasteiger partial charge >= 0.3 is 0 Å². The van der Waals surface area contributed by atoms with Gasteiger partial charge in [0.25, 0.3) is 0 Å². The summed E-state index contributed by atoms with van der Waals surface area (Å²) in [6, 6.07) is 91.3. The van der Waals surface area contributed by atoms with Crippen LogP contribution in [0.1, 0.15) is 116 Å². The van der Waals surface area contributed by atoms with E-state index in [0.717, 1.165) is 206 Å². The van der Waals surface area contributed by atoms with Crippen molar-refractivity contribution in [3.05, 3.63) is 319 Å². The fourth-order valence-electron chi connectivity index (χ4n) is 20.9. The number of aromatic nitrogens is 2. The molecule has 0 radical (unpaired) electrons. The zero-order valence-corrected chi connectivity index (χ0v) is 76.5. The maximum atomic E-state index is 8.72. The Bertz CT molecular complexity index is 7160. The summed E-state index contributed by atoms with van der Waals surface area (Å²) in [5.41, 5.74) is 26.6. The van der Waals surface area contributed by atoms with Crippen molar-refractivity contribution in [2.75, 3.05) is 63.0 Å². The van der Waals surface area contributed by atoms with Crippen molar-refractivity contribution in [2.45, 2.75) is 160 Å². The lowest BCUT2D eigenvalue weighted by atomic mass is 10.1. The van der Waals surface area contributed by atoms with Crippen LogP contribution in [0.25, 0.3) is 110 Å². The molecule has 25 rings (SSSR count). The van der Waals surface area contributed by atoms with E-state index >= 15 is 0 Å². The fourth-order valence-corrected chi connectivity index (χ4v) is 20.9. The average Bonchev–Trinajstić information content (AvgIpc) is 1.59. The number of fused-ring (bicyclic) bond motifs is 20. The van der Waals surface area contributed by atoms with Crippen LogP contribution in [0, 0.1) is 34.6 Å². The van der Waals surface area contributed by atoms with E-state index in [-0.39, 0.29) is 24.7 Å². The lowest BCUT2D eigenvalue weighted by Gasteiger charge is -2.33. The molecule has 5 aliphatic heterocycles. The van der Waals surface area contributed by atoms with Gasteiger partial charge < -0.3 is 71.1 Å². The van der Waals surface area contributed by atoms with Gasteiger partial charge in [0.1, 0.15) is 58.7 Å². The van der Waals surface area contributed by atoms with E-state index < -0.39 is 38.2 Å². The van der Waals surface area contributed by atoms with Crippen molar-refractivity contribution in [3.63, 3.8) is 0 Å². The van der Waals surface area contributed by atoms with E-state index in [0.29, 0.717) is 17.2 Å². The number of nitrogens with zero attached hydrogens (tertiary/aromatic N) is 12. The van der Waals surface area contributed by atoms with Gasteiger partial charge in [-0.2, -0.15) is 0 Å². The molecule has 5 atom stereocenters. The normalized spacial score (nSPS) is 18.2. The average molecular weight is 1740 g/mol. The van der Waals surface area contributed by atoms with Gasteiger partial charge in [-0.05, 0) is 230 Å². The molecule has 12 heterocycles. The predicted octanol–water partition coefficient (Wildman–Crippen LogP) is 30.3. The number of anilines is 15. The van der Waals surface area contributed by atoms with Crippen LogP contribution in [0.3, 0.4) is 0 Å². The molecule has 0 aliphatic carbocycles. The van der Waals surface area contributed by atoms with Crippen LogP contribution in [0.5, 0.6) is 0 Å². The maximum Gasteiger partial charge on any atom is 0.159 e. The third-order valence-corrected chi connectivity index (χ3v) is 26.7. The molecule has 5 unspecified atom stereocenters. The summed E-state index contributed by atoms with van der Waals surface area (Å²) in [6.07, 6.45) is 2.64. The van der Waals surface area contributed by atoms with Crippen LogP contribution >= 0.6 is 0 Å². The summed E-state index contributed by atoms with van der Waals surface area (Å²) in [6.45, 7) is 27.8. The molecule has 656 valence electrons. The molecular formula is C114H110N12O5. The van der Waals surface area contributed by atoms with Gasteiger partial charge in [0.15, 0.2) is 39.6 Å². The van der Waals surface area contributed by atoms with Gasteiger partial charge in [-0.1, -0.05) is 188 Å². The molecule has 131 heavy (non-hydrogen) atoms. The van der Waals surface area contributed by atoms with Crippen LogP contribution in [0.2, 0.25) is 0 Å². The Kier molecular flexibility index (Phi) is 18.3. The van der Waals surface area contributed by atoms with Crippen molar-refractivity contribution in [1.29, 1.82) is 0 Å². The van der Waals surface area contributed by atoms with E-state index in [1.807, 2.05) is 220 Å². The first-order chi connectivity index (χ1) is 66.9. The van der Waals surface area contributed by atoms with Crippen molar-refractivity contribution in [3.8, 4) is 0 Å². The summed E-state index contributed by atoms with van der Waals surface area (Å²) in [7, 11) is 0. The fraction of sp³-hybridized carbons (Fsp3) is 0.228. The lowest BCUT2D eigenvalue weighted by Crippen LogP contribution is -2.42. The second-order valence-electron chi connectivity index (χ2n) is 35.4. The Labute approximate surface area is 777 Å². The van der Waals surface area contributed by atoms with Gasteiger partial charge in [-0.25, -0.2) is 9.97 Å². The quantitative estimate of drug-likeness (QED) is 0.143. The van der Waals surface area contributed by atoms with E-state index in [2.05, 4.69) is 208 Å². The molecule has 0 saturated heterocycles. The number of furan rings is 5. The molecule has 7 aromatic heterocycles. The summed E-state index contributed by atoms with van der Waals surface area (Å²) in [5.74, 6) is 1.49.